The number of rotatable bonds is 2. The van der Waals surface area contributed by atoms with Crippen LogP contribution in [0.25, 0.3) is 0 Å². The van der Waals surface area contributed by atoms with E-state index in [0.29, 0.717) is 12.0 Å². The molecular weight excluding hydrogens is 248 g/mol. The van der Waals surface area contributed by atoms with Crippen LogP contribution in [-0.2, 0) is 13.0 Å². The van der Waals surface area contributed by atoms with Gasteiger partial charge in [0.15, 0.2) is 0 Å². The summed E-state index contributed by atoms with van der Waals surface area (Å²) in [4.78, 5) is 2.51. The second-order valence-electron chi connectivity index (χ2n) is 7.11. The van der Waals surface area contributed by atoms with Gasteiger partial charge < -0.3 is 10.5 Å². The predicted molar refractivity (Wildman–Crippen MR) is 81.9 cm³/mol. The van der Waals surface area contributed by atoms with E-state index >= 15 is 0 Å². The quantitative estimate of drug-likeness (QED) is 0.901. The van der Waals surface area contributed by atoms with Crippen molar-refractivity contribution in [3.63, 3.8) is 0 Å². The van der Waals surface area contributed by atoms with Crippen molar-refractivity contribution in [2.24, 2.45) is 11.7 Å². The Morgan fingerprint density at radius 2 is 2.20 bits per heavy atom. The molecule has 3 rings (SSSR count). The van der Waals surface area contributed by atoms with Gasteiger partial charge in [0.25, 0.3) is 0 Å². The second-order valence-corrected chi connectivity index (χ2v) is 7.11. The summed E-state index contributed by atoms with van der Waals surface area (Å²) < 4.78 is 6.16. The molecule has 0 saturated carbocycles. The van der Waals surface area contributed by atoms with Crippen molar-refractivity contribution in [1.82, 2.24) is 4.90 Å². The highest BCUT2D eigenvalue weighted by Gasteiger charge is 2.32. The number of fused-ring (bicyclic) bond motifs is 1. The first-order valence-electron chi connectivity index (χ1n) is 7.72. The van der Waals surface area contributed by atoms with Gasteiger partial charge in [0.2, 0.25) is 0 Å². The lowest BCUT2D eigenvalue weighted by atomic mass is 9.94. The highest BCUT2D eigenvalue weighted by Crippen LogP contribution is 2.38. The summed E-state index contributed by atoms with van der Waals surface area (Å²) in [5.74, 6) is 1.71. The molecule has 2 aliphatic heterocycles. The molecule has 0 bridgehead atoms. The van der Waals surface area contributed by atoms with Crippen LogP contribution in [0.15, 0.2) is 18.2 Å². The van der Waals surface area contributed by atoms with Gasteiger partial charge in [0, 0.05) is 31.1 Å². The topological polar surface area (TPSA) is 38.5 Å². The minimum absolute atomic E-state index is 0.0595. The van der Waals surface area contributed by atoms with Crippen molar-refractivity contribution in [2.75, 3.05) is 13.1 Å². The Morgan fingerprint density at radius 1 is 1.40 bits per heavy atom. The molecule has 1 aromatic carbocycles. The average molecular weight is 274 g/mol. The molecule has 0 spiro atoms. The van der Waals surface area contributed by atoms with Gasteiger partial charge in [-0.15, -0.1) is 0 Å². The summed E-state index contributed by atoms with van der Waals surface area (Å²) in [6.45, 7) is 9.76. The smallest absolute Gasteiger partial charge is 0.127 e. The third-order valence-electron chi connectivity index (χ3n) is 4.62. The molecule has 2 atom stereocenters. The third-order valence-corrected chi connectivity index (χ3v) is 4.62. The van der Waals surface area contributed by atoms with Crippen molar-refractivity contribution in [1.29, 1.82) is 0 Å². The molecule has 2 N–H and O–H groups in total. The SMILES string of the molecule is CC1CN(Cc2cccc3c2OC(C)(C)C3)CCC1N. The lowest BCUT2D eigenvalue weighted by Crippen LogP contribution is -2.45. The van der Waals surface area contributed by atoms with Gasteiger partial charge in [-0.05, 0) is 38.3 Å². The number of nitrogens with two attached hydrogens (primary N) is 1. The zero-order valence-corrected chi connectivity index (χ0v) is 12.9. The molecule has 0 radical (unpaired) electrons. The Morgan fingerprint density at radius 3 is 2.95 bits per heavy atom. The molecule has 1 fully saturated rings. The number of hydrogen-bond acceptors (Lipinski definition) is 3. The van der Waals surface area contributed by atoms with Crippen molar-refractivity contribution in [3.8, 4) is 5.75 Å². The minimum Gasteiger partial charge on any atom is -0.487 e. The molecule has 0 aromatic heterocycles. The highest BCUT2D eigenvalue weighted by atomic mass is 16.5. The maximum atomic E-state index is 6.16. The lowest BCUT2D eigenvalue weighted by molar-refractivity contribution is 0.130. The number of para-hydroxylation sites is 1. The number of piperidine rings is 1. The summed E-state index contributed by atoms with van der Waals surface area (Å²) >= 11 is 0. The van der Waals surface area contributed by atoms with Crippen LogP contribution in [0.4, 0.5) is 0 Å². The summed E-state index contributed by atoms with van der Waals surface area (Å²) in [5, 5.41) is 0. The summed E-state index contributed by atoms with van der Waals surface area (Å²) in [6, 6.07) is 6.93. The van der Waals surface area contributed by atoms with Crippen LogP contribution in [0.2, 0.25) is 0 Å². The Labute approximate surface area is 122 Å². The van der Waals surface area contributed by atoms with Crippen LogP contribution >= 0.6 is 0 Å². The van der Waals surface area contributed by atoms with E-state index in [4.69, 9.17) is 10.5 Å². The molecule has 110 valence electrons. The van der Waals surface area contributed by atoms with Gasteiger partial charge in [0.1, 0.15) is 11.4 Å². The fraction of sp³-hybridized carbons (Fsp3) is 0.647. The van der Waals surface area contributed by atoms with Gasteiger partial charge in [-0.3, -0.25) is 4.90 Å². The van der Waals surface area contributed by atoms with Crippen LogP contribution in [-0.4, -0.2) is 29.6 Å². The van der Waals surface area contributed by atoms with E-state index in [2.05, 4.69) is 43.9 Å². The Kier molecular flexibility index (Phi) is 3.51. The minimum atomic E-state index is -0.0595. The van der Waals surface area contributed by atoms with E-state index < -0.39 is 0 Å². The predicted octanol–water partition coefficient (Wildman–Crippen LogP) is 2.57. The zero-order chi connectivity index (χ0) is 14.3. The molecule has 2 aliphatic rings. The van der Waals surface area contributed by atoms with Gasteiger partial charge >= 0.3 is 0 Å². The van der Waals surface area contributed by atoms with Crippen LogP contribution in [0, 0.1) is 5.92 Å². The highest BCUT2D eigenvalue weighted by molar-refractivity contribution is 5.45. The molecule has 0 amide bonds. The summed E-state index contributed by atoms with van der Waals surface area (Å²) in [5.41, 5.74) is 8.73. The fourth-order valence-electron chi connectivity index (χ4n) is 3.44. The van der Waals surface area contributed by atoms with Crippen molar-refractivity contribution in [3.05, 3.63) is 29.3 Å². The summed E-state index contributed by atoms with van der Waals surface area (Å²) in [6.07, 6.45) is 2.11. The molecular formula is C17H26N2O. The molecule has 2 heterocycles. The van der Waals surface area contributed by atoms with E-state index in [1.165, 1.54) is 11.1 Å². The number of hydrogen-bond donors (Lipinski definition) is 1. The van der Waals surface area contributed by atoms with Gasteiger partial charge in [-0.2, -0.15) is 0 Å². The van der Waals surface area contributed by atoms with Gasteiger partial charge in [-0.1, -0.05) is 25.1 Å². The first-order chi connectivity index (χ1) is 9.44. The van der Waals surface area contributed by atoms with Gasteiger partial charge in [-0.25, -0.2) is 0 Å². The lowest BCUT2D eigenvalue weighted by Gasteiger charge is -2.35. The molecule has 3 nitrogen and oxygen atoms in total. The van der Waals surface area contributed by atoms with Crippen LogP contribution in [0.1, 0.15) is 38.3 Å². The van der Waals surface area contributed by atoms with Crippen LogP contribution < -0.4 is 10.5 Å². The maximum absolute atomic E-state index is 6.16. The monoisotopic (exact) mass is 274 g/mol. The van der Waals surface area contributed by atoms with Crippen LogP contribution in [0.5, 0.6) is 5.75 Å². The average Bonchev–Trinajstić information content (AvgIpc) is 2.69. The Hall–Kier alpha value is -1.06. The molecule has 0 aliphatic carbocycles. The van der Waals surface area contributed by atoms with Crippen molar-refractivity contribution >= 4 is 0 Å². The van der Waals surface area contributed by atoms with E-state index in [1.807, 2.05) is 0 Å². The fourth-order valence-corrected chi connectivity index (χ4v) is 3.44. The van der Waals surface area contributed by atoms with Gasteiger partial charge in [0.05, 0.1) is 0 Å². The molecule has 3 heteroatoms. The number of ether oxygens (including phenoxy) is 1. The first-order valence-corrected chi connectivity index (χ1v) is 7.72. The Balaban J connectivity index is 1.75. The zero-order valence-electron chi connectivity index (χ0n) is 12.9. The van der Waals surface area contributed by atoms with Crippen molar-refractivity contribution < 1.29 is 4.74 Å². The molecule has 1 aromatic rings. The molecule has 1 saturated heterocycles. The second kappa shape index (κ2) is 5.05. The number of benzene rings is 1. The Bertz CT molecular complexity index is 498. The first kappa shape index (κ1) is 13.9. The normalized spacial score (nSPS) is 29.0. The number of nitrogens with zero attached hydrogens (tertiary/aromatic N) is 1. The molecule has 2 unspecified atom stereocenters. The summed E-state index contributed by atoms with van der Waals surface area (Å²) in [7, 11) is 0. The molecule has 20 heavy (non-hydrogen) atoms. The van der Waals surface area contributed by atoms with E-state index in [1.54, 1.807) is 0 Å². The number of likely N-dealkylation sites (tertiary alicyclic amines) is 1. The van der Waals surface area contributed by atoms with E-state index in [9.17, 15) is 0 Å². The largest absolute Gasteiger partial charge is 0.487 e. The van der Waals surface area contributed by atoms with Crippen LogP contribution in [0.3, 0.4) is 0 Å². The van der Waals surface area contributed by atoms with E-state index in [0.717, 1.165) is 38.2 Å². The third kappa shape index (κ3) is 2.70. The van der Waals surface area contributed by atoms with Crippen molar-refractivity contribution in [2.45, 2.75) is 51.8 Å². The van der Waals surface area contributed by atoms with E-state index in [-0.39, 0.29) is 5.60 Å². The standard InChI is InChI=1S/C17H26N2O/c1-12-10-19(8-7-15(12)18)11-14-6-4-5-13-9-17(2,3)20-16(13)14/h4-6,12,15H,7-11,18H2,1-3H3. The maximum Gasteiger partial charge on any atom is 0.127 e.